The minimum Gasteiger partial charge on any atom is -0.490 e. The Morgan fingerprint density at radius 1 is 0.923 bits per heavy atom. The summed E-state index contributed by atoms with van der Waals surface area (Å²) >= 11 is 0. The van der Waals surface area contributed by atoms with Gasteiger partial charge in [-0.1, -0.05) is 55.7 Å². The van der Waals surface area contributed by atoms with E-state index in [0.717, 1.165) is 44.1 Å². The number of nitriles is 1. The zero-order valence-corrected chi connectivity index (χ0v) is 21.6. The maximum atomic E-state index is 14.0. The minimum absolute atomic E-state index is 0.263. The van der Waals surface area contributed by atoms with Crippen LogP contribution >= 0.6 is 0 Å². The van der Waals surface area contributed by atoms with Crippen LogP contribution in [-0.4, -0.2) is 30.2 Å². The molecule has 0 spiro atoms. The number of amides is 1. The average Bonchev–Trinajstić information content (AvgIpc) is 3.22. The Morgan fingerprint density at radius 3 is 2.36 bits per heavy atom. The molecule has 6 rings (SSSR count). The fourth-order valence-electron chi connectivity index (χ4n) is 6.35. The number of nitrogens with zero attached hydrogens (tertiary/aromatic N) is 2. The molecule has 0 bridgehead atoms. The lowest BCUT2D eigenvalue weighted by Crippen LogP contribution is -2.45. The van der Waals surface area contributed by atoms with E-state index in [-0.39, 0.29) is 5.91 Å². The summed E-state index contributed by atoms with van der Waals surface area (Å²) in [5, 5.41) is 20.6. The van der Waals surface area contributed by atoms with Gasteiger partial charge in [0.1, 0.15) is 5.92 Å². The first kappa shape index (κ1) is 25.0. The van der Waals surface area contributed by atoms with E-state index in [2.05, 4.69) is 6.07 Å². The molecule has 1 saturated carbocycles. The first-order valence-corrected chi connectivity index (χ1v) is 13.6. The molecule has 7 heteroatoms. The summed E-state index contributed by atoms with van der Waals surface area (Å²) in [5.41, 5.74) is 2.53. The largest absolute Gasteiger partial charge is 0.490 e. The Labute approximate surface area is 227 Å². The van der Waals surface area contributed by atoms with Crippen molar-refractivity contribution in [1.29, 1.82) is 5.26 Å². The molecule has 2 unspecified atom stereocenters. The number of benzene rings is 3. The first-order chi connectivity index (χ1) is 19.0. The Balaban J connectivity index is 1.48. The van der Waals surface area contributed by atoms with Gasteiger partial charge in [0.05, 0.1) is 30.7 Å². The van der Waals surface area contributed by atoms with Crippen molar-refractivity contribution in [2.75, 3.05) is 18.1 Å². The van der Waals surface area contributed by atoms with Gasteiger partial charge in [0.2, 0.25) is 0 Å². The Hall–Kier alpha value is -4.31. The van der Waals surface area contributed by atoms with Crippen LogP contribution in [0.25, 0.3) is 0 Å². The number of hydrogen-bond donors (Lipinski definition) is 1. The molecular formula is C32H30N2O5. The monoisotopic (exact) mass is 522 g/mol. The van der Waals surface area contributed by atoms with Gasteiger partial charge >= 0.3 is 5.97 Å². The number of carbonyl (C=O) groups excluding carboxylic acids is 1. The highest BCUT2D eigenvalue weighted by Gasteiger charge is 2.45. The first-order valence-electron chi connectivity index (χ1n) is 13.6. The molecule has 2 aliphatic heterocycles. The van der Waals surface area contributed by atoms with Crippen molar-refractivity contribution >= 4 is 17.6 Å². The van der Waals surface area contributed by atoms with Gasteiger partial charge in [0.15, 0.2) is 11.5 Å². The third kappa shape index (κ3) is 4.30. The van der Waals surface area contributed by atoms with Gasteiger partial charge in [0, 0.05) is 17.7 Å². The third-order valence-electron chi connectivity index (χ3n) is 8.34. The van der Waals surface area contributed by atoms with Crippen LogP contribution in [0.15, 0.2) is 66.7 Å². The minimum atomic E-state index is -1.01. The molecule has 0 saturated heterocycles. The fourth-order valence-corrected chi connectivity index (χ4v) is 6.35. The summed E-state index contributed by atoms with van der Waals surface area (Å²) < 4.78 is 11.7. The van der Waals surface area contributed by atoms with E-state index < -0.39 is 23.3 Å². The molecule has 1 N–H and O–H groups in total. The van der Waals surface area contributed by atoms with Crippen LogP contribution in [0.5, 0.6) is 11.5 Å². The summed E-state index contributed by atoms with van der Waals surface area (Å²) in [4.78, 5) is 28.5. The normalized spacial score (nSPS) is 21.8. The van der Waals surface area contributed by atoms with Crippen molar-refractivity contribution in [3.63, 3.8) is 0 Å². The Bertz CT molecular complexity index is 1450. The second-order valence-electron chi connectivity index (χ2n) is 10.6. The molecule has 2 heterocycles. The maximum Gasteiger partial charge on any atom is 0.313 e. The quantitative estimate of drug-likeness (QED) is 0.442. The summed E-state index contributed by atoms with van der Waals surface area (Å²) in [5.74, 6) is -1.12. The molecule has 0 radical (unpaired) electrons. The molecule has 2 atom stereocenters. The second kappa shape index (κ2) is 10.1. The van der Waals surface area contributed by atoms with Gasteiger partial charge in [0.25, 0.3) is 5.91 Å². The van der Waals surface area contributed by atoms with Crippen LogP contribution in [0.3, 0.4) is 0 Å². The van der Waals surface area contributed by atoms with E-state index in [1.807, 2.05) is 30.3 Å². The van der Waals surface area contributed by atoms with Crippen molar-refractivity contribution in [2.45, 2.75) is 55.9 Å². The van der Waals surface area contributed by atoms with E-state index >= 15 is 0 Å². The SMILES string of the molecule is N#CC1(c2ccc(N3C(=O)c4ccccc4C(C(=O)O)C3c3ccc4c(c3)OCCCO4)cc2)CCCCC1. The van der Waals surface area contributed by atoms with E-state index in [1.54, 1.807) is 41.3 Å². The molecule has 198 valence electrons. The van der Waals surface area contributed by atoms with Gasteiger partial charge in [-0.15, -0.1) is 0 Å². The van der Waals surface area contributed by atoms with E-state index in [4.69, 9.17) is 9.47 Å². The highest BCUT2D eigenvalue weighted by Crippen LogP contribution is 2.47. The van der Waals surface area contributed by atoms with Crippen molar-refractivity contribution in [2.24, 2.45) is 0 Å². The molecule has 3 aromatic carbocycles. The topological polar surface area (TPSA) is 99.9 Å². The van der Waals surface area contributed by atoms with E-state index in [1.165, 1.54) is 0 Å². The smallest absolute Gasteiger partial charge is 0.313 e. The molecule has 39 heavy (non-hydrogen) atoms. The zero-order valence-electron chi connectivity index (χ0n) is 21.6. The predicted octanol–water partition coefficient (Wildman–Crippen LogP) is 6.14. The lowest BCUT2D eigenvalue weighted by atomic mass is 9.70. The van der Waals surface area contributed by atoms with Gasteiger partial charge < -0.3 is 14.6 Å². The Morgan fingerprint density at radius 2 is 1.64 bits per heavy atom. The van der Waals surface area contributed by atoms with Crippen LogP contribution in [0.1, 0.15) is 77.5 Å². The summed E-state index contributed by atoms with van der Waals surface area (Å²) in [6.45, 7) is 1.04. The highest BCUT2D eigenvalue weighted by molar-refractivity contribution is 6.11. The van der Waals surface area contributed by atoms with Crippen molar-refractivity contribution in [3.8, 4) is 17.6 Å². The fraction of sp³-hybridized carbons (Fsp3) is 0.344. The van der Waals surface area contributed by atoms with Crippen molar-refractivity contribution < 1.29 is 24.2 Å². The maximum absolute atomic E-state index is 14.0. The van der Waals surface area contributed by atoms with E-state index in [9.17, 15) is 20.0 Å². The molecule has 7 nitrogen and oxygen atoms in total. The molecule has 3 aliphatic rings. The van der Waals surface area contributed by atoms with Gasteiger partial charge in [-0.05, 0) is 59.9 Å². The third-order valence-corrected chi connectivity index (χ3v) is 8.34. The lowest BCUT2D eigenvalue weighted by Gasteiger charge is -2.41. The van der Waals surface area contributed by atoms with Crippen molar-refractivity contribution in [1.82, 2.24) is 0 Å². The van der Waals surface area contributed by atoms with Gasteiger partial charge in [-0.25, -0.2) is 0 Å². The van der Waals surface area contributed by atoms with Crippen LogP contribution in [0.2, 0.25) is 0 Å². The number of carboxylic acids is 1. The number of carbonyl (C=O) groups is 2. The summed E-state index contributed by atoms with van der Waals surface area (Å²) in [6.07, 6.45) is 5.56. The summed E-state index contributed by atoms with van der Waals surface area (Å²) in [7, 11) is 0. The van der Waals surface area contributed by atoms with Crippen LogP contribution in [0.4, 0.5) is 5.69 Å². The van der Waals surface area contributed by atoms with E-state index in [0.29, 0.717) is 47.1 Å². The Kier molecular flexibility index (Phi) is 6.48. The molecule has 1 aliphatic carbocycles. The molecule has 3 aromatic rings. The van der Waals surface area contributed by atoms with Crippen LogP contribution < -0.4 is 14.4 Å². The number of fused-ring (bicyclic) bond motifs is 2. The summed E-state index contributed by atoms with van der Waals surface area (Å²) in [6, 6.07) is 21.7. The standard InChI is InChI=1S/C32H30N2O5/c33-20-32(15-4-1-5-16-32)22-10-12-23(13-11-22)34-29(21-9-14-26-27(19-21)39-18-6-17-38-26)28(31(36)37)24-7-2-3-8-25(24)30(34)35/h2-3,7-14,19,28-29H,1,4-6,15-18H2,(H,36,37). The molecule has 1 amide bonds. The molecular weight excluding hydrogens is 492 g/mol. The number of carboxylic acid groups (broad SMARTS) is 1. The van der Waals surface area contributed by atoms with Crippen LogP contribution in [0, 0.1) is 11.3 Å². The number of hydrogen-bond acceptors (Lipinski definition) is 5. The molecule has 0 aromatic heterocycles. The molecule has 1 fully saturated rings. The van der Waals surface area contributed by atoms with Crippen LogP contribution in [-0.2, 0) is 10.2 Å². The number of aliphatic carboxylic acids is 1. The number of anilines is 1. The lowest BCUT2D eigenvalue weighted by molar-refractivity contribution is -0.139. The average molecular weight is 523 g/mol. The second-order valence-corrected chi connectivity index (χ2v) is 10.6. The predicted molar refractivity (Wildman–Crippen MR) is 145 cm³/mol. The number of ether oxygens (including phenoxy) is 2. The van der Waals surface area contributed by atoms with Gasteiger partial charge in [-0.3, -0.25) is 14.5 Å². The van der Waals surface area contributed by atoms with Gasteiger partial charge in [-0.2, -0.15) is 5.26 Å². The van der Waals surface area contributed by atoms with Crippen molar-refractivity contribution in [3.05, 3.63) is 89.0 Å². The number of rotatable bonds is 4. The zero-order chi connectivity index (χ0) is 27.0. The highest BCUT2D eigenvalue weighted by atomic mass is 16.5.